The Balaban J connectivity index is 1.87. The second-order valence-corrected chi connectivity index (χ2v) is 6.92. The lowest BCUT2D eigenvalue weighted by atomic mass is 9.95. The van der Waals surface area contributed by atoms with E-state index in [0.717, 1.165) is 39.8 Å². The van der Waals surface area contributed by atoms with Gasteiger partial charge in [-0.2, -0.15) is 5.26 Å². The minimum atomic E-state index is -0.298. The van der Waals surface area contributed by atoms with E-state index in [0.29, 0.717) is 12.1 Å². The fourth-order valence-corrected chi connectivity index (χ4v) is 3.47. The number of aromatic nitrogens is 2. The van der Waals surface area contributed by atoms with Crippen molar-refractivity contribution in [3.8, 4) is 17.2 Å². The van der Waals surface area contributed by atoms with Gasteiger partial charge in [0.05, 0.1) is 18.2 Å². The standard InChI is InChI=1S/C22H19N3O2/c1-24-21(26)12-20(15-10-11-15)25(22(24)27)14-17-7-3-5-9-19(17)18-8-4-2-6-16(18)13-23/h2-9,12,15H,10-11,14H2,1H3. The predicted octanol–water partition coefficient (Wildman–Crippen LogP) is 3.01. The SMILES string of the molecule is Cn1c(=O)cc(C2CC2)n(Cc2ccccc2-c2ccccc2C#N)c1=O. The normalized spacial score (nSPS) is 13.3. The Hall–Kier alpha value is -3.39. The van der Waals surface area contributed by atoms with Gasteiger partial charge in [0, 0.05) is 18.8 Å². The summed E-state index contributed by atoms with van der Waals surface area (Å²) in [5, 5.41) is 9.45. The van der Waals surface area contributed by atoms with Crippen molar-refractivity contribution in [2.45, 2.75) is 25.3 Å². The Morgan fingerprint density at radius 3 is 2.41 bits per heavy atom. The molecule has 27 heavy (non-hydrogen) atoms. The molecular formula is C22H19N3O2. The van der Waals surface area contributed by atoms with E-state index in [2.05, 4.69) is 6.07 Å². The zero-order valence-corrected chi connectivity index (χ0v) is 15.1. The molecule has 0 spiro atoms. The van der Waals surface area contributed by atoms with E-state index in [1.165, 1.54) is 7.05 Å². The fraction of sp³-hybridized carbons (Fsp3) is 0.227. The number of nitrogens with zero attached hydrogens (tertiary/aromatic N) is 3. The summed E-state index contributed by atoms with van der Waals surface area (Å²) in [7, 11) is 1.51. The molecule has 134 valence electrons. The molecule has 0 saturated heterocycles. The van der Waals surface area contributed by atoms with E-state index < -0.39 is 0 Å². The molecule has 0 unspecified atom stereocenters. The number of nitriles is 1. The summed E-state index contributed by atoms with van der Waals surface area (Å²) in [6.07, 6.45) is 2.01. The zero-order chi connectivity index (χ0) is 19.0. The second kappa shape index (κ2) is 6.73. The van der Waals surface area contributed by atoms with Crippen LogP contribution in [-0.4, -0.2) is 9.13 Å². The topological polar surface area (TPSA) is 67.8 Å². The van der Waals surface area contributed by atoms with Gasteiger partial charge in [0.25, 0.3) is 5.56 Å². The van der Waals surface area contributed by atoms with E-state index >= 15 is 0 Å². The third kappa shape index (κ3) is 3.11. The molecule has 4 rings (SSSR count). The molecule has 5 nitrogen and oxygen atoms in total. The van der Waals surface area contributed by atoms with Gasteiger partial charge >= 0.3 is 5.69 Å². The van der Waals surface area contributed by atoms with Crippen LogP contribution in [0.5, 0.6) is 0 Å². The predicted molar refractivity (Wildman–Crippen MR) is 104 cm³/mol. The quantitative estimate of drug-likeness (QED) is 0.721. The smallest absolute Gasteiger partial charge is 0.293 e. The third-order valence-electron chi connectivity index (χ3n) is 5.11. The van der Waals surface area contributed by atoms with E-state index in [4.69, 9.17) is 0 Å². The van der Waals surface area contributed by atoms with Crippen LogP contribution in [0, 0.1) is 11.3 Å². The molecule has 1 fully saturated rings. The van der Waals surface area contributed by atoms with Crippen LogP contribution in [-0.2, 0) is 13.6 Å². The molecule has 5 heteroatoms. The largest absolute Gasteiger partial charge is 0.331 e. The zero-order valence-electron chi connectivity index (χ0n) is 15.1. The minimum Gasteiger partial charge on any atom is -0.293 e. The molecular weight excluding hydrogens is 338 g/mol. The molecule has 1 aliphatic rings. The molecule has 1 saturated carbocycles. The van der Waals surface area contributed by atoms with Crippen molar-refractivity contribution in [3.05, 3.63) is 92.3 Å². The van der Waals surface area contributed by atoms with Crippen LogP contribution in [0.1, 0.15) is 35.6 Å². The van der Waals surface area contributed by atoms with Gasteiger partial charge in [-0.25, -0.2) is 4.79 Å². The van der Waals surface area contributed by atoms with Crippen molar-refractivity contribution >= 4 is 0 Å². The maximum absolute atomic E-state index is 12.8. The first-order valence-corrected chi connectivity index (χ1v) is 8.98. The second-order valence-electron chi connectivity index (χ2n) is 6.92. The number of rotatable bonds is 4. The van der Waals surface area contributed by atoms with Crippen LogP contribution in [0.15, 0.2) is 64.2 Å². The highest BCUT2D eigenvalue weighted by Crippen LogP contribution is 2.39. The Morgan fingerprint density at radius 1 is 1.04 bits per heavy atom. The van der Waals surface area contributed by atoms with Crippen LogP contribution in [0.4, 0.5) is 0 Å². The van der Waals surface area contributed by atoms with Gasteiger partial charge in [-0.1, -0.05) is 42.5 Å². The monoisotopic (exact) mass is 357 g/mol. The Morgan fingerprint density at radius 2 is 1.70 bits per heavy atom. The average molecular weight is 357 g/mol. The Kier molecular flexibility index (Phi) is 4.25. The van der Waals surface area contributed by atoms with Crippen molar-refractivity contribution in [2.24, 2.45) is 7.05 Å². The van der Waals surface area contributed by atoms with Gasteiger partial charge in [0.15, 0.2) is 0 Å². The van der Waals surface area contributed by atoms with E-state index in [-0.39, 0.29) is 17.2 Å². The lowest BCUT2D eigenvalue weighted by molar-refractivity contribution is 0.612. The molecule has 0 bridgehead atoms. The number of hydrogen-bond donors (Lipinski definition) is 0. The third-order valence-corrected chi connectivity index (χ3v) is 5.11. The summed E-state index contributed by atoms with van der Waals surface area (Å²) in [5.74, 6) is 0.283. The molecule has 3 aromatic rings. The highest BCUT2D eigenvalue weighted by atomic mass is 16.2. The van der Waals surface area contributed by atoms with Crippen LogP contribution in [0.2, 0.25) is 0 Å². The minimum absolute atomic E-state index is 0.263. The summed E-state index contributed by atoms with van der Waals surface area (Å²) in [6.45, 7) is 0.370. The molecule has 0 radical (unpaired) electrons. The first-order chi connectivity index (χ1) is 13.1. The van der Waals surface area contributed by atoms with Crippen molar-refractivity contribution in [3.63, 3.8) is 0 Å². The Labute approximate surface area is 156 Å². The molecule has 1 aliphatic carbocycles. The fourth-order valence-electron chi connectivity index (χ4n) is 3.47. The maximum atomic E-state index is 12.8. The van der Waals surface area contributed by atoms with Gasteiger partial charge in [0.1, 0.15) is 0 Å². The van der Waals surface area contributed by atoms with Gasteiger partial charge in [0.2, 0.25) is 0 Å². The first kappa shape index (κ1) is 17.0. The summed E-state index contributed by atoms with van der Waals surface area (Å²) in [4.78, 5) is 24.9. The van der Waals surface area contributed by atoms with Crippen LogP contribution < -0.4 is 11.2 Å². The van der Waals surface area contributed by atoms with E-state index in [9.17, 15) is 14.9 Å². The van der Waals surface area contributed by atoms with Crippen LogP contribution >= 0.6 is 0 Å². The molecule has 0 atom stereocenters. The lowest BCUT2D eigenvalue weighted by Crippen LogP contribution is -2.39. The van der Waals surface area contributed by atoms with Gasteiger partial charge in [-0.3, -0.25) is 13.9 Å². The molecule has 0 aliphatic heterocycles. The summed E-state index contributed by atoms with van der Waals surface area (Å²) in [5.41, 5.74) is 3.57. The van der Waals surface area contributed by atoms with Crippen molar-refractivity contribution < 1.29 is 0 Å². The van der Waals surface area contributed by atoms with Crippen molar-refractivity contribution in [1.82, 2.24) is 9.13 Å². The number of hydrogen-bond acceptors (Lipinski definition) is 3. The molecule has 1 heterocycles. The number of benzene rings is 2. The lowest BCUT2D eigenvalue weighted by Gasteiger charge is -2.16. The Bertz CT molecular complexity index is 1180. The van der Waals surface area contributed by atoms with Crippen LogP contribution in [0.3, 0.4) is 0 Å². The van der Waals surface area contributed by atoms with Crippen molar-refractivity contribution in [1.29, 1.82) is 5.26 Å². The molecule has 2 aromatic carbocycles. The molecule has 1 aromatic heterocycles. The van der Waals surface area contributed by atoms with Gasteiger partial charge < -0.3 is 0 Å². The van der Waals surface area contributed by atoms with E-state index in [1.807, 2.05) is 42.5 Å². The van der Waals surface area contributed by atoms with Crippen molar-refractivity contribution in [2.75, 3.05) is 0 Å². The highest BCUT2D eigenvalue weighted by molar-refractivity contribution is 5.73. The van der Waals surface area contributed by atoms with Crippen LogP contribution in [0.25, 0.3) is 11.1 Å². The first-order valence-electron chi connectivity index (χ1n) is 8.98. The van der Waals surface area contributed by atoms with Gasteiger partial charge in [-0.05, 0) is 41.5 Å². The highest BCUT2D eigenvalue weighted by Gasteiger charge is 2.28. The summed E-state index contributed by atoms with van der Waals surface area (Å²) < 4.78 is 2.85. The van der Waals surface area contributed by atoms with E-state index in [1.54, 1.807) is 16.7 Å². The molecule has 0 amide bonds. The average Bonchev–Trinajstić information content (AvgIpc) is 3.54. The summed E-state index contributed by atoms with van der Waals surface area (Å²) >= 11 is 0. The summed E-state index contributed by atoms with van der Waals surface area (Å²) in [6, 6.07) is 19.1. The van der Waals surface area contributed by atoms with Gasteiger partial charge in [-0.15, -0.1) is 0 Å². The maximum Gasteiger partial charge on any atom is 0.331 e. The molecule has 0 N–H and O–H groups in total.